The van der Waals surface area contributed by atoms with Gasteiger partial charge in [0.15, 0.2) is 0 Å². The number of rotatable bonds is 6. The van der Waals surface area contributed by atoms with Crippen molar-refractivity contribution in [1.29, 1.82) is 0 Å². The Bertz CT molecular complexity index is 1530. The van der Waals surface area contributed by atoms with Crippen LogP contribution in [0.15, 0.2) is 48.5 Å². The van der Waals surface area contributed by atoms with Crippen LogP contribution >= 0.6 is 0 Å². The van der Waals surface area contributed by atoms with Crippen molar-refractivity contribution in [2.45, 2.75) is 63.9 Å². The third kappa shape index (κ3) is 6.58. The molecule has 0 N–H and O–H groups in total. The monoisotopic (exact) mass is 643 g/mol. The number of alkyl halides is 9. The first-order chi connectivity index (χ1) is 20.2. The molecule has 0 aromatic heterocycles. The average molecular weight is 643 g/mol. The molecule has 2 atom stereocenters. The maximum absolute atomic E-state index is 14.7. The van der Waals surface area contributed by atoms with Gasteiger partial charge in [-0.15, -0.1) is 0 Å². The van der Waals surface area contributed by atoms with E-state index in [2.05, 4.69) is 0 Å². The fourth-order valence-corrected chi connectivity index (χ4v) is 5.04. The minimum absolute atomic E-state index is 0.0218. The van der Waals surface area contributed by atoms with Crippen LogP contribution in [0.4, 0.5) is 48.7 Å². The third-order valence-corrected chi connectivity index (χ3v) is 7.33. The summed E-state index contributed by atoms with van der Waals surface area (Å²) < 4.78 is 147. The minimum atomic E-state index is -5.16. The molecule has 1 saturated heterocycles. The van der Waals surface area contributed by atoms with Crippen LogP contribution < -0.4 is 4.74 Å². The molecule has 0 unspecified atom stereocenters. The number of carbonyl (C=O) groups is 1. The zero-order valence-corrected chi connectivity index (χ0v) is 23.5. The summed E-state index contributed by atoms with van der Waals surface area (Å²) in [6.45, 7) is 4.09. The van der Waals surface area contributed by atoms with Crippen molar-refractivity contribution in [3.8, 4) is 16.9 Å². The van der Waals surface area contributed by atoms with Crippen molar-refractivity contribution in [3.63, 3.8) is 0 Å². The van der Waals surface area contributed by atoms with Crippen LogP contribution in [-0.4, -0.2) is 24.1 Å². The first-order valence-corrected chi connectivity index (χ1v) is 13.1. The Kier molecular flexibility index (Phi) is 8.62. The highest BCUT2D eigenvalue weighted by Crippen LogP contribution is 2.43. The van der Waals surface area contributed by atoms with Crippen molar-refractivity contribution >= 4 is 6.09 Å². The molecule has 14 heteroatoms. The van der Waals surface area contributed by atoms with E-state index in [1.807, 2.05) is 0 Å². The number of ether oxygens (including phenoxy) is 2. The zero-order valence-electron chi connectivity index (χ0n) is 23.5. The third-order valence-electron chi connectivity index (χ3n) is 7.33. The topological polar surface area (TPSA) is 38.8 Å². The first-order valence-electron chi connectivity index (χ1n) is 13.1. The standard InChI is InChI=1S/C30H25F10NO3/c1-14(2)22-11-23(25(43-4)12-24(22)31)21-6-5-18(28(32,33)34)9-17(21)13-41-15(3)26(44-27(41)42)16-7-19(29(35,36)37)10-20(8-16)30(38,39)40/h5-12,14-15,26H,13H2,1-4H3/t15-,26-/m0/s1/i7+1,8+1,10+1,16+1,19+1,20+1. The molecule has 0 spiro atoms. The van der Waals surface area contributed by atoms with E-state index in [9.17, 15) is 48.7 Å². The number of nitrogens with zero attached hydrogens (tertiary/aromatic N) is 1. The second-order valence-corrected chi connectivity index (χ2v) is 10.6. The lowest BCUT2D eigenvalue weighted by atomic mass is 9.92. The van der Waals surface area contributed by atoms with E-state index in [0.29, 0.717) is 12.1 Å². The largest absolute Gasteiger partial charge is 0.496 e. The van der Waals surface area contributed by atoms with Crippen molar-refractivity contribution in [2.24, 2.45) is 0 Å². The number of halogens is 10. The van der Waals surface area contributed by atoms with Crippen LogP contribution in [0.3, 0.4) is 0 Å². The Hall–Kier alpha value is -3.97. The highest BCUT2D eigenvalue weighted by Gasteiger charge is 2.44. The summed E-state index contributed by atoms with van der Waals surface area (Å²) in [4.78, 5) is 13.8. The predicted molar refractivity (Wildman–Crippen MR) is 138 cm³/mol. The lowest BCUT2D eigenvalue weighted by Gasteiger charge is -2.24. The van der Waals surface area contributed by atoms with E-state index < -0.39 is 71.4 Å². The molecule has 3 aromatic rings. The van der Waals surface area contributed by atoms with Gasteiger partial charge in [0.25, 0.3) is 0 Å². The Balaban J connectivity index is 1.81. The second-order valence-electron chi connectivity index (χ2n) is 10.6. The summed E-state index contributed by atoms with van der Waals surface area (Å²) in [6.07, 6.45) is -17.9. The molecule has 0 aliphatic carbocycles. The SMILES string of the molecule is COc1cc(F)c(C(C)C)cc1-c1ccc(C(F)(F)F)cc1CN1C(=O)O[C@H]([13c]2[13cH][13c](C(F)(F)F)[13cH][13c](C(F)(F)F)[13cH]2)[C@@H]1C. The van der Waals surface area contributed by atoms with E-state index in [-0.39, 0.29) is 40.0 Å². The van der Waals surface area contributed by atoms with Crippen LogP contribution in [0.5, 0.6) is 5.75 Å². The molecule has 1 aliphatic heterocycles. The van der Waals surface area contributed by atoms with Gasteiger partial charge in [-0.25, -0.2) is 9.18 Å². The van der Waals surface area contributed by atoms with Gasteiger partial charge in [0.2, 0.25) is 0 Å². The fraction of sp³-hybridized carbons (Fsp3) is 0.367. The van der Waals surface area contributed by atoms with Gasteiger partial charge in [-0.05, 0) is 71.5 Å². The Morgan fingerprint density at radius 1 is 0.818 bits per heavy atom. The number of cyclic esters (lactones) is 1. The lowest BCUT2D eigenvalue weighted by Crippen LogP contribution is -2.32. The molecule has 1 aliphatic rings. The molecule has 1 heterocycles. The summed E-state index contributed by atoms with van der Waals surface area (Å²) in [5.74, 6) is -0.972. The molecule has 4 rings (SSSR count). The van der Waals surface area contributed by atoms with Crippen LogP contribution in [0.1, 0.15) is 66.2 Å². The molecule has 1 amide bonds. The molecule has 1 fully saturated rings. The summed E-state index contributed by atoms with van der Waals surface area (Å²) >= 11 is 0. The van der Waals surface area contributed by atoms with E-state index in [1.165, 1.54) is 20.1 Å². The van der Waals surface area contributed by atoms with E-state index >= 15 is 0 Å². The maximum atomic E-state index is 14.7. The summed E-state index contributed by atoms with van der Waals surface area (Å²) in [5, 5.41) is 0. The molecule has 3 aromatic carbocycles. The molecule has 0 saturated carbocycles. The Morgan fingerprint density at radius 2 is 1.39 bits per heavy atom. The lowest BCUT2D eigenvalue weighted by molar-refractivity contribution is -0.143. The van der Waals surface area contributed by atoms with Gasteiger partial charge in [-0.2, -0.15) is 39.5 Å². The van der Waals surface area contributed by atoms with Crippen LogP contribution in [-0.2, 0) is 29.8 Å². The van der Waals surface area contributed by atoms with Gasteiger partial charge in [-0.1, -0.05) is 19.9 Å². The summed E-state index contributed by atoms with van der Waals surface area (Å²) in [6, 6.07) is 4.71. The summed E-state index contributed by atoms with van der Waals surface area (Å²) in [7, 11) is 1.23. The van der Waals surface area contributed by atoms with Crippen LogP contribution in [0.2, 0.25) is 0 Å². The quantitative estimate of drug-likeness (QED) is 0.251. The van der Waals surface area contributed by atoms with E-state index in [4.69, 9.17) is 9.47 Å². The minimum Gasteiger partial charge on any atom is -0.496 e. The van der Waals surface area contributed by atoms with Gasteiger partial charge < -0.3 is 9.47 Å². The van der Waals surface area contributed by atoms with Gasteiger partial charge >= 0.3 is 24.6 Å². The first kappa shape index (κ1) is 32.9. The number of methoxy groups -OCH3 is 1. The molecular formula is C30H25F10NO3. The molecular weight excluding hydrogens is 618 g/mol. The molecule has 44 heavy (non-hydrogen) atoms. The number of carbonyl (C=O) groups excluding carboxylic acids is 1. The van der Waals surface area contributed by atoms with E-state index in [0.717, 1.165) is 29.2 Å². The average Bonchev–Trinajstić information content (AvgIpc) is 3.19. The number of amides is 1. The van der Waals surface area contributed by atoms with Gasteiger partial charge in [0.1, 0.15) is 17.7 Å². The van der Waals surface area contributed by atoms with Gasteiger partial charge in [0, 0.05) is 11.6 Å². The zero-order chi connectivity index (χ0) is 32.9. The van der Waals surface area contributed by atoms with Crippen molar-refractivity contribution < 1.29 is 58.2 Å². The smallest absolute Gasteiger partial charge is 0.416 e. The molecule has 0 bridgehead atoms. The van der Waals surface area contributed by atoms with Crippen molar-refractivity contribution in [2.75, 3.05) is 7.11 Å². The predicted octanol–water partition coefficient (Wildman–Crippen LogP) is 9.76. The normalized spacial score (nSPS) is 17.8. The Labute approximate surface area is 245 Å². The molecule has 0 radical (unpaired) electrons. The second kappa shape index (κ2) is 11.5. The fourth-order valence-electron chi connectivity index (χ4n) is 5.04. The van der Waals surface area contributed by atoms with E-state index in [1.54, 1.807) is 13.8 Å². The highest BCUT2D eigenvalue weighted by atomic mass is 19.4. The molecule has 4 nitrogen and oxygen atoms in total. The van der Waals surface area contributed by atoms with Crippen LogP contribution in [0.25, 0.3) is 11.1 Å². The Morgan fingerprint density at radius 3 is 1.89 bits per heavy atom. The number of hydrogen-bond acceptors (Lipinski definition) is 3. The number of hydrogen-bond donors (Lipinski definition) is 0. The number of benzene rings is 3. The highest BCUT2D eigenvalue weighted by molar-refractivity contribution is 5.76. The van der Waals surface area contributed by atoms with Crippen molar-refractivity contribution in [3.05, 3.63) is 87.7 Å². The van der Waals surface area contributed by atoms with Crippen LogP contribution in [0, 0.1) is 5.82 Å². The van der Waals surface area contributed by atoms with Crippen molar-refractivity contribution in [1.82, 2.24) is 4.90 Å². The van der Waals surface area contributed by atoms with Gasteiger partial charge in [0.05, 0.1) is 36.4 Å². The van der Waals surface area contributed by atoms with Gasteiger partial charge in [-0.3, -0.25) is 4.90 Å². The summed E-state index contributed by atoms with van der Waals surface area (Å²) in [5.41, 5.74) is -4.48. The molecule has 238 valence electrons. The maximum Gasteiger partial charge on any atom is 0.416 e.